The Balaban J connectivity index is 2.58. The van der Waals surface area contributed by atoms with Crippen molar-refractivity contribution in [3.05, 3.63) is 22.4 Å². The highest BCUT2D eigenvalue weighted by Gasteiger charge is 2.23. The Morgan fingerprint density at radius 3 is 2.57 bits per heavy atom. The first-order chi connectivity index (χ1) is 6.41. The Morgan fingerprint density at radius 2 is 2.14 bits per heavy atom. The van der Waals surface area contributed by atoms with Crippen molar-refractivity contribution < 1.29 is 4.79 Å². The number of Topliss-reactive ketones (excluding diaryl/α,β-unsaturated/α-hetero) is 1. The van der Waals surface area contributed by atoms with Crippen LogP contribution in [0.1, 0.15) is 43.8 Å². The normalized spacial score (nSPS) is 14.0. The maximum Gasteiger partial charge on any atom is 0.173 e. The van der Waals surface area contributed by atoms with Gasteiger partial charge in [-0.05, 0) is 22.8 Å². The van der Waals surface area contributed by atoms with Crippen LogP contribution in [0.15, 0.2) is 17.5 Å². The van der Waals surface area contributed by atoms with Crippen molar-refractivity contribution in [2.24, 2.45) is 11.3 Å². The lowest BCUT2D eigenvalue weighted by Crippen LogP contribution is -2.20. The van der Waals surface area contributed by atoms with E-state index in [-0.39, 0.29) is 11.2 Å². The van der Waals surface area contributed by atoms with E-state index in [0.29, 0.717) is 12.3 Å². The minimum absolute atomic E-state index is 0.215. The van der Waals surface area contributed by atoms with Gasteiger partial charge in [0.05, 0.1) is 4.88 Å². The van der Waals surface area contributed by atoms with Gasteiger partial charge in [0.25, 0.3) is 0 Å². The molecule has 1 aromatic heterocycles. The molecule has 0 radical (unpaired) electrons. The van der Waals surface area contributed by atoms with E-state index >= 15 is 0 Å². The van der Waals surface area contributed by atoms with Gasteiger partial charge in [0.15, 0.2) is 5.78 Å². The molecule has 78 valence electrons. The summed E-state index contributed by atoms with van der Waals surface area (Å²) in [6, 6.07) is 3.84. The Hall–Kier alpha value is -0.630. The van der Waals surface area contributed by atoms with Crippen LogP contribution in [-0.4, -0.2) is 5.78 Å². The maximum absolute atomic E-state index is 11.8. The predicted molar refractivity (Wildman–Crippen MR) is 61.9 cm³/mol. The van der Waals surface area contributed by atoms with E-state index < -0.39 is 0 Å². The molecule has 0 aliphatic carbocycles. The highest BCUT2D eigenvalue weighted by Crippen LogP contribution is 2.29. The second-order valence-corrected chi connectivity index (χ2v) is 5.82. The lowest BCUT2D eigenvalue weighted by molar-refractivity contribution is 0.0931. The largest absolute Gasteiger partial charge is 0.293 e. The third-order valence-electron chi connectivity index (χ3n) is 2.77. The van der Waals surface area contributed by atoms with Crippen LogP contribution in [0.2, 0.25) is 0 Å². The van der Waals surface area contributed by atoms with E-state index in [1.54, 1.807) is 0 Å². The van der Waals surface area contributed by atoms with Crippen LogP contribution < -0.4 is 0 Å². The molecule has 0 aliphatic rings. The second kappa shape index (κ2) is 4.26. The molecule has 0 fully saturated rings. The molecule has 0 bridgehead atoms. The van der Waals surface area contributed by atoms with Crippen molar-refractivity contribution in [2.75, 3.05) is 0 Å². The van der Waals surface area contributed by atoms with Gasteiger partial charge in [0.1, 0.15) is 0 Å². The summed E-state index contributed by atoms with van der Waals surface area (Å²) in [6.45, 7) is 8.68. The van der Waals surface area contributed by atoms with Crippen LogP contribution in [0.25, 0.3) is 0 Å². The summed E-state index contributed by atoms with van der Waals surface area (Å²) in [5.41, 5.74) is 0.215. The lowest BCUT2D eigenvalue weighted by atomic mass is 9.79. The van der Waals surface area contributed by atoms with Crippen LogP contribution in [0.3, 0.4) is 0 Å². The molecule has 0 aliphatic heterocycles. The van der Waals surface area contributed by atoms with E-state index in [1.165, 1.54) is 11.3 Å². The van der Waals surface area contributed by atoms with Crippen LogP contribution in [0.5, 0.6) is 0 Å². The Bertz CT molecular complexity index is 293. The fourth-order valence-electron chi connectivity index (χ4n) is 1.12. The van der Waals surface area contributed by atoms with E-state index in [2.05, 4.69) is 27.7 Å². The van der Waals surface area contributed by atoms with Crippen molar-refractivity contribution in [3.8, 4) is 0 Å². The molecule has 1 nitrogen and oxygen atoms in total. The summed E-state index contributed by atoms with van der Waals surface area (Å²) in [6.07, 6.45) is 0.657. The first-order valence-electron chi connectivity index (χ1n) is 4.98. The van der Waals surface area contributed by atoms with E-state index in [9.17, 15) is 4.79 Å². The number of carbonyl (C=O) groups excluding carboxylic acids is 1. The smallest absolute Gasteiger partial charge is 0.173 e. The van der Waals surface area contributed by atoms with Gasteiger partial charge in [0.2, 0.25) is 0 Å². The van der Waals surface area contributed by atoms with Crippen molar-refractivity contribution in [1.82, 2.24) is 0 Å². The van der Waals surface area contributed by atoms with Gasteiger partial charge in [-0.25, -0.2) is 0 Å². The van der Waals surface area contributed by atoms with Gasteiger partial charge in [-0.1, -0.05) is 33.8 Å². The van der Waals surface area contributed by atoms with E-state index in [1.807, 2.05) is 17.5 Å². The number of carbonyl (C=O) groups is 1. The molecular formula is C12H18OS. The topological polar surface area (TPSA) is 17.1 Å². The van der Waals surface area contributed by atoms with Gasteiger partial charge in [-0.2, -0.15) is 0 Å². The number of hydrogen-bond donors (Lipinski definition) is 0. The Labute approximate surface area is 90.2 Å². The lowest BCUT2D eigenvalue weighted by Gasteiger charge is -2.26. The monoisotopic (exact) mass is 210 g/mol. The second-order valence-electron chi connectivity index (χ2n) is 4.87. The third-order valence-corrected chi connectivity index (χ3v) is 3.68. The molecule has 1 atom stereocenters. The fraction of sp³-hybridized carbons (Fsp3) is 0.583. The SMILES string of the molecule is CC(CC(=O)c1cccs1)C(C)(C)C. The fourth-order valence-corrected chi connectivity index (χ4v) is 1.80. The molecule has 0 spiro atoms. The van der Waals surface area contributed by atoms with Crippen molar-refractivity contribution in [1.29, 1.82) is 0 Å². The van der Waals surface area contributed by atoms with Gasteiger partial charge < -0.3 is 0 Å². The molecule has 0 amide bonds. The molecule has 0 saturated carbocycles. The molecular weight excluding hydrogens is 192 g/mol. The summed E-state index contributed by atoms with van der Waals surface area (Å²) in [4.78, 5) is 12.7. The van der Waals surface area contributed by atoms with Crippen LogP contribution in [0, 0.1) is 11.3 Å². The highest BCUT2D eigenvalue weighted by atomic mass is 32.1. The van der Waals surface area contributed by atoms with Gasteiger partial charge in [0, 0.05) is 6.42 Å². The maximum atomic E-state index is 11.8. The van der Waals surface area contributed by atoms with Crippen molar-refractivity contribution >= 4 is 17.1 Å². The molecule has 0 N–H and O–H groups in total. The Kier molecular flexibility index (Phi) is 3.48. The summed E-state index contributed by atoms with van der Waals surface area (Å²) in [5.74, 6) is 0.708. The van der Waals surface area contributed by atoms with Crippen LogP contribution in [0.4, 0.5) is 0 Å². The first kappa shape index (κ1) is 11.4. The summed E-state index contributed by atoms with van der Waals surface area (Å²) in [7, 11) is 0. The molecule has 1 aromatic rings. The Morgan fingerprint density at radius 1 is 1.50 bits per heavy atom. The molecule has 14 heavy (non-hydrogen) atoms. The summed E-state index contributed by atoms with van der Waals surface area (Å²) >= 11 is 1.53. The van der Waals surface area contributed by atoms with E-state index in [4.69, 9.17) is 0 Å². The van der Waals surface area contributed by atoms with Gasteiger partial charge in [-0.3, -0.25) is 4.79 Å². The van der Waals surface area contributed by atoms with Gasteiger partial charge >= 0.3 is 0 Å². The molecule has 2 heteroatoms. The molecule has 0 aromatic carbocycles. The number of hydrogen-bond acceptors (Lipinski definition) is 2. The highest BCUT2D eigenvalue weighted by molar-refractivity contribution is 7.12. The molecule has 1 unspecified atom stereocenters. The zero-order chi connectivity index (χ0) is 10.8. The summed E-state index contributed by atoms with van der Waals surface area (Å²) in [5, 5.41) is 1.95. The van der Waals surface area contributed by atoms with Crippen LogP contribution in [-0.2, 0) is 0 Å². The average molecular weight is 210 g/mol. The molecule has 0 saturated heterocycles. The van der Waals surface area contributed by atoms with E-state index in [0.717, 1.165) is 4.88 Å². The van der Waals surface area contributed by atoms with Crippen molar-refractivity contribution in [2.45, 2.75) is 34.1 Å². The zero-order valence-electron chi connectivity index (χ0n) is 9.33. The van der Waals surface area contributed by atoms with Crippen molar-refractivity contribution in [3.63, 3.8) is 0 Å². The third kappa shape index (κ3) is 2.95. The number of thiophene rings is 1. The number of ketones is 1. The van der Waals surface area contributed by atoms with Crippen LogP contribution >= 0.6 is 11.3 Å². The number of rotatable bonds is 3. The standard InChI is InChI=1S/C12H18OS/c1-9(12(2,3)4)8-10(13)11-6-5-7-14-11/h5-7,9H,8H2,1-4H3. The first-order valence-corrected chi connectivity index (χ1v) is 5.86. The zero-order valence-corrected chi connectivity index (χ0v) is 10.1. The average Bonchev–Trinajstić information content (AvgIpc) is 2.53. The van der Waals surface area contributed by atoms with Gasteiger partial charge in [-0.15, -0.1) is 11.3 Å². The minimum Gasteiger partial charge on any atom is -0.293 e. The quantitative estimate of drug-likeness (QED) is 0.689. The molecule has 1 rings (SSSR count). The molecule has 1 heterocycles. The summed E-state index contributed by atoms with van der Waals surface area (Å²) < 4.78 is 0. The predicted octanol–water partition coefficient (Wildman–Crippen LogP) is 4.00. The minimum atomic E-state index is 0.215.